The zero-order valence-corrected chi connectivity index (χ0v) is 5.19. The summed E-state index contributed by atoms with van der Waals surface area (Å²) in [7, 11) is 0. The largest absolute Gasteiger partial charge is 0.490 e. The van der Waals surface area contributed by atoms with E-state index in [2.05, 4.69) is 4.74 Å². The first-order valence-corrected chi connectivity index (χ1v) is 2.47. The fraction of sp³-hybridized carbons (Fsp3) is 0.400. The number of carbonyl (C=O) groups is 1. The third-order valence-electron chi connectivity index (χ3n) is 0.631. The highest BCUT2D eigenvalue weighted by atomic mass is 19.4. The van der Waals surface area contributed by atoms with Gasteiger partial charge in [0.25, 0.3) is 0 Å². The molecule has 0 aliphatic rings. The third kappa shape index (κ3) is 4.35. The van der Waals surface area contributed by atoms with Crippen LogP contribution < -0.4 is 0 Å². The molecule has 0 fully saturated rings. The molecule has 0 atom stereocenters. The average molecular weight is 172 g/mol. The van der Waals surface area contributed by atoms with E-state index >= 15 is 0 Å². The molecule has 0 aromatic heterocycles. The Morgan fingerprint density at radius 2 is 2.00 bits per heavy atom. The van der Waals surface area contributed by atoms with Crippen LogP contribution in [-0.2, 0) is 9.53 Å². The summed E-state index contributed by atoms with van der Waals surface area (Å²) in [5, 5.41) is 0. The fourth-order valence-electron chi connectivity index (χ4n) is 0.242. The van der Waals surface area contributed by atoms with E-state index in [4.69, 9.17) is 0 Å². The maximum absolute atomic E-state index is 11.3. The Kier molecular flexibility index (Phi) is 3.56. The van der Waals surface area contributed by atoms with E-state index in [-0.39, 0.29) is 6.33 Å². The van der Waals surface area contributed by atoms with Gasteiger partial charge in [0.2, 0.25) is 0 Å². The van der Waals surface area contributed by atoms with Crippen molar-refractivity contribution in [2.24, 2.45) is 0 Å². The van der Waals surface area contributed by atoms with Gasteiger partial charge >= 0.3 is 12.1 Å². The molecular weight excluding hydrogens is 168 g/mol. The lowest BCUT2D eigenvalue weighted by molar-refractivity contribution is -0.198. The van der Waals surface area contributed by atoms with Crippen LogP contribution in [0.5, 0.6) is 0 Å². The molecule has 2 nitrogen and oxygen atoms in total. The normalized spacial score (nSPS) is 12.0. The van der Waals surface area contributed by atoms with Crippen LogP contribution >= 0.6 is 0 Å². The van der Waals surface area contributed by atoms with Crippen molar-refractivity contribution in [1.29, 1.82) is 0 Å². The Balaban J connectivity index is 3.71. The summed E-state index contributed by atoms with van der Waals surface area (Å²) < 4.78 is 48.5. The molecule has 0 aliphatic heterocycles. The summed E-state index contributed by atoms with van der Waals surface area (Å²) in [5.74, 6) is -2.32. The third-order valence-corrected chi connectivity index (χ3v) is 0.631. The topological polar surface area (TPSA) is 26.3 Å². The summed E-state index contributed by atoms with van der Waals surface area (Å²) in [4.78, 5) is 9.84. The molecule has 0 radical (unpaired) electrons. The predicted molar refractivity (Wildman–Crippen MR) is 27.3 cm³/mol. The van der Waals surface area contributed by atoms with Gasteiger partial charge in [-0.25, -0.2) is 9.18 Å². The summed E-state index contributed by atoms with van der Waals surface area (Å²) in [6, 6.07) is 0. The SMILES string of the molecule is O=C(OC/C=C\F)C(F)(F)F. The molecule has 0 saturated heterocycles. The molecule has 0 amide bonds. The quantitative estimate of drug-likeness (QED) is 0.466. The highest BCUT2D eigenvalue weighted by molar-refractivity contribution is 5.75. The van der Waals surface area contributed by atoms with Crippen LogP contribution in [0.1, 0.15) is 0 Å². The molecule has 0 heterocycles. The molecule has 11 heavy (non-hydrogen) atoms. The summed E-state index contributed by atoms with van der Waals surface area (Å²) in [6.45, 7) is -0.713. The van der Waals surface area contributed by atoms with E-state index in [0.29, 0.717) is 6.08 Å². The maximum atomic E-state index is 11.3. The molecular formula is C5H4F4O2. The van der Waals surface area contributed by atoms with Crippen LogP contribution in [0.3, 0.4) is 0 Å². The number of rotatable bonds is 2. The van der Waals surface area contributed by atoms with Gasteiger partial charge in [-0.15, -0.1) is 0 Å². The lowest BCUT2D eigenvalue weighted by atomic mass is 10.6. The van der Waals surface area contributed by atoms with Gasteiger partial charge in [0.1, 0.15) is 6.61 Å². The predicted octanol–water partition coefficient (Wildman–Crippen LogP) is 1.58. The zero-order valence-electron chi connectivity index (χ0n) is 5.19. The van der Waals surface area contributed by atoms with Gasteiger partial charge in [-0.05, 0) is 6.08 Å². The Morgan fingerprint density at radius 3 is 2.36 bits per heavy atom. The van der Waals surface area contributed by atoms with Gasteiger partial charge in [0.15, 0.2) is 0 Å². The Morgan fingerprint density at radius 1 is 1.45 bits per heavy atom. The molecule has 0 N–H and O–H groups in total. The highest BCUT2D eigenvalue weighted by Crippen LogP contribution is 2.16. The van der Waals surface area contributed by atoms with Gasteiger partial charge in [0.05, 0.1) is 6.33 Å². The van der Waals surface area contributed by atoms with E-state index in [1.165, 1.54) is 0 Å². The number of carbonyl (C=O) groups excluding carboxylic acids is 1. The Hall–Kier alpha value is -1.07. The number of ether oxygens (including phenoxy) is 1. The number of esters is 1. The molecule has 0 aliphatic carbocycles. The van der Waals surface area contributed by atoms with E-state index < -0.39 is 18.8 Å². The summed E-state index contributed by atoms with van der Waals surface area (Å²) in [5.41, 5.74) is 0. The Bertz CT molecular complexity index is 160. The standard InChI is InChI=1S/C5H4F4O2/c6-2-1-3-11-4(10)5(7,8)9/h1-2H,3H2/b2-1-. The molecule has 0 unspecified atom stereocenters. The van der Waals surface area contributed by atoms with E-state index in [0.717, 1.165) is 0 Å². The van der Waals surface area contributed by atoms with Gasteiger partial charge < -0.3 is 4.74 Å². The van der Waals surface area contributed by atoms with Crippen molar-refractivity contribution < 1.29 is 27.1 Å². The van der Waals surface area contributed by atoms with Crippen LogP contribution in [0.25, 0.3) is 0 Å². The second kappa shape index (κ2) is 3.95. The number of alkyl halides is 3. The molecule has 0 aromatic rings. The van der Waals surface area contributed by atoms with Gasteiger partial charge in [-0.1, -0.05) is 0 Å². The second-order valence-corrected chi connectivity index (χ2v) is 1.46. The zero-order chi connectivity index (χ0) is 8.91. The van der Waals surface area contributed by atoms with Gasteiger partial charge in [-0.2, -0.15) is 13.2 Å². The van der Waals surface area contributed by atoms with E-state index in [1.807, 2.05) is 0 Å². The minimum atomic E-state index is -5.01. The summed E-state index contributed by atoms with van der Waals surface area (Å²) >= 11 is 0. The molecule has 0 aromatic carbocycles. The first-order chi connectivity index (χ1) is 4.98. The van der Waals surface area contributed by atoms with Gasteiger partial charge in [-0.3, -0.25) is 0 Å². The van der Waals surface area contributed by atoms with Crippen LogP contribution in [0, 0.1) is 0 Å². The van der Waals surface area contributed by atoms with Crippen LogP contribution in [-0.4, -0.2) is 18.8 Å². The van der Waals surface area contributed by atoms with E-state index in [1.54, 1.807) is 0 Å². The molecule has 64 valence electrons. The van der Waals surface area contributed by atoms with Crippen molar-refractivity contribution in [2.45, 2.75) is 6.18 Å². The van der Waals surface area contributed by atoms with E-state index in [9.17, 15) is 22.4 Å². The van der Waals surface area contributed by atoms with Gasteiger partial charge in [0, 0.05) is 0 Å². The maximum Gasteiger partial charge on any atom is 0.490 e. The van der Waals surface area contributed by atoms with Crippen molar-refractivity contribution in [3.05, 3.63) is 12.4 Å². The fourth-order valence-corrected chi connectivity index (χ4v) is 0.242. The first kappa shape index (κ1) is 9.93. The molecule has 0 bridgehead atoms. The number of hydrogen-bond acceptors (Lipinski definition) is 2. The second-order valence-electron chi connectivity index (χ2n) is 1.46. The molecule has 0 spiro atoms. The van der Waals surface area contributed by atoms with Crippen molar-refractivity contribution in [1.82, 2.24) is 0 Å². The smallest absolute Gasteiger partial charge is 0.455 e. The number of halogens is 4. The number of hydrogen-bond donors (Lipinski definition) is 0. The van der Waals surface area contributed by atoms with Crippen LogP contribution in [0.2, 0.25) is 0 Å². The minimum Gasteiger partial charge on any atom is -0.455 e. The molecule has 6 heteroatoms. The average Bonchev–Trinajstić information content (AvgIpc) is 1.86. The Labute approximate surface area is 59.4 Å². The first-order valence-electron chi connectivity index (χ1n) is 2.47. The van der Waals surface area contributed by atoms with Crippen LogP contribution in [0.15, 0.2) is 12.4 Å². The monoisotopic (exact) mass is 172 g/mol. The van der Waals surface area contributed by atoms with Crippen molar-refractivity contribution in [2.75, 3.05) is 6.61 Å². The molecule has 0 rings (SSSR count). The van der Waals surface area contributed by atoms with Crippen molar-refractivity contribution in [3.8, 4) is 0 Å². The molecule has 0 saturated carbocycles. The van der Waals surface area contributed by atoms with Crippen LogP contribution in [0.4, 0.5) is 17.6 Å². The lowest BCUT2D eigenvalue weighted by Crippen LogP contribution is -2.25. The summed E-state index contributed by atoms with van der Waals surface area (Å²) in [6.07, 6.45) is -4.38. The van der Waals surface area contributed by atoms with Crippen molar-refractivity contribution in [3.63, 3.8) is 0 Å². The lowest BCUT2D eigenvalue weighted by Gasteiger charge is -2.03. The highest BCUT2D eigenvalue weighted by Gasteiger charge is 2.40. The minimum absolute atomic E-state index is 0.0103. The van der Waals surface area contributed by atoms with Crippen molar-refractivity contribution >= 4 is 5.97 Å².